The van der Waals surface area contributed by atoms with Gasteiger partial charge in [-0.05, 0) is 44.4 Å². The molecule has 2 nitrogen and oxygen atoms in total. The largest absolute Gasteiger partial charge is 0.377 e. The van der Waals surface area contributed by atoms with E-state index in [2.05, 4.69) is 6.92 Å². The highest BCUT2D eigenvalue weighted by molar-refractivity contribution is 4.88. The fourth-order valence-corrected chi connectivity index (χ4v) is 4.00. The van der Waals surface area contributed by atoms with Crippen LogP contribution in [0.1, 0.15) is 71.1 Å². The van der Waals surface area contributed by atoms with E-state index < -0.39 is 0 Å². The molecule has 0 aromatic heterocycles. The molecule has 0 spiro atoms. The van der Waals surface area contributed by atoms with Crippen LogP contribution in [0, 0.1) is 11.8 Å². The third kappa shape index (κ3) is 3.71. The van der Waals surface area contributed by atoms with Gasteiger partial charge in [-0.3, -0.25) is 0 Å². The second-order valence-electron chi connectivity index (χ2n) is 6.29. The summed E-state index contributed by atoms with van der Waals surface area (Å²) in [7, 11) is 0. The van der Waals surface area contributed by atoms with Crippen molar-refractivity contribution in [1.29, 1.82) is 0 Å². The van der Waals surface area contributed by atoms with Gasteiger partial charge in [0.25, 0.3) is 0 Å². The maximum absolute atomic E-state index is 6.58. The lowest BCUT2D eigenvalue weighted by Crippen LogP contribution is -2.48. The molecule has 2 unspecified atom stereocenters. The summed E-state index contributed by atoms with van der Waals surface area (Å²) in [5.41, 5.74) is 6.58. The Bertz CT molecular complexity index is 219. The number of nitrogens with two attached hydrogens (primary N) is 1. The molecule has 0 bridgehead atoms. The summed E-state index contributed by atoms with van der Waals surface area (Å²) in [6.45, 7) is 2.94. The molecule has 0 aliphatic heterocycles. The van der Waals surface area contributed by atoms with Crippen molar-refractivity contribution in [3.8, 4) is 0 Å². The highest BCUT2D eigenvalue weighted by atomic mass is 16.5. The smallest absolute Gasteiger partial charge is 0.0756 e. The minimum absolute atomic E-state index is 0.286. The monoisotopic (exact) mass is 253 g/mol. The molecular weight excluding hydrogens is 222 g/mol. The molecule has 2 N–H and O–H groups in total. The fraction of sp³-hybridized carbons (Fsp3) is 1.00. The maximum atomic E-state index is 6.58. The van der Waals surface area contributed by atoms with Crippen molar-refractivity contribution >= 4 is 0 Å². The highest BCUT2D eigenvalue weighted by Crippen LogP contribution is 2.34. The number of hydrogen-bond acceptors (Lipinski definition) is 2. The molecule has 2 saturated carbocycles. The van der Waals surface area contributed by atoms with Gasteiger partial charge in [-0.15, -0.1) is 0 Å². The molecule has 2 heteroatoms. The average molecular weight is 253 g/mol. The summed E-state index contributed by atoms with van der Waals surface area (Å²) in [6, 6.07) is 0.286. The van der Waals surface area contributed by atoms with Gasteiger partial charge in [0.05, 0.1) is 6.10 Å². The lowest BCUT2D eigenvalue weighted by atomic mass is 9.75. The van der Waals surface area contributed by atoms with E-state index in [9.17, 15) is 0 Å². The van der Waals surface area contributed by atoms with E-state index >= 15 is 0 Å². The molecule has 0 radical (unpaired) electrons. The van der Waals surface area contributed by atoms with Gasteiger partial charge in [0.15, 0.2) is 0 Å². The van der Waals surface area contributed by atoms with Gasteiger partial charge in [0.2, 0.25) is 0 Å². The van der Waals surface area contributed by atoms with E-state index in [0.29, 0.717) is 6.10 Å². The van der Waals surface area contributed by atoms with E-state index in [1.54, 1.807) is 0 Å². The van der Waals surface area contributed by atoms with E-state index in [1.165, 1.54) is 64.2 Å². The Kier molecular flexibility index (Phi) is 5.97. The minimum Gasteiger partial charge on any atom is -0.377 e. The summed E-state index contributed by atoms with van der Waals surface area (Å²) in [5.74, 6) is 1.45. The molecular formula is C16H31NO. The van der Waals surface area contributed by atoms with Gasteiger partial charge in [-0.2, -0.15) is 0 Å². The molecule has 0 heterocycles. The van der Waals surface area contributed by atoms with Crippen LogP contribution in [0.3, 0.4) is 0 Å². The van der Waals surface area contributed by atoms with E-state index in [0.717, 1.165) is 18.4 Å². The lowest BCUT2D eigenvalue weighted by molar-refractivity contribution is -0.0253. The Morgan fingerprint density at radius 2 is 1.39 bits per heavy atom. The average Bonchev–Trinajstić information content (AvgIpc) is 2.46. The predicted octanol–water partition coefficient (Wildman–Crippen LogP) is 3.88. The molecule has 2 aliphatic rings. The van der Waals surface area contributed by atoms with E-state index in [4.69, 9.17) is 10.5 Å². The van der Waals surface area contributed by atoms with Crippen LogP contribution in [0.2, 0.25) is 0 Å². The van der Waals surface area contributed by atoms with E-state index in [1.807, 2.05) is 0 Å². The van der Waals surface area contributed by atoms with Crippen LogP contribution in [-0.2, 0) is 4.74 Å². The Labute approximate surface area is 113 Å². The maximum Gasteiger partial charge on any atom is 0.0756 e. The van der Waals surface area contributed by atoms with Crippen molar-refractivity contribution in [2.24, 2.45) is 17.6 Å². The fourth-order valence-electron chi connectivity index (χ4n) is 4.00. The van der Waals surface area contributed by atoms with Crippen molar-refractivity contribution in [3.05, 3.63) is 0 Å². The highest BCUT2D eigenvalue weighted by Gasteiger charge is 2.33. The quantitative estimate of drug-likeness (QED) is 0.807. The van der Waals surface area contributed by atoms with Crippen molar-refractivity contribution in [2.45, 2.75) is 83.3 Å². The van der Waals surface area contributed by atoms with E-state index in [-0.39, 0.29) is 6.04 Å². The first kappa shape index (κ1) is 14.3. The Hall–Kier alpha value is -0.0800. The van der Waals surface area contributed by atoms with Crippen molar-refractivity contribution in [3.63, 3.8) is 0 Å². The van der Waals surface area contributed by atoms with Gasteiger partial charge < -0.3 is 10.5 Å². The molecule has 2 fully saturated rings. The molecule has 106 valence electrons. The number of hydrogen-bond donors (Lipinski definition) is 1. The molecule has 0 aromatic rings. The predicted molar refractivity (Wildman–Crippen MR) is 76.5 cm³/mol. The van der Waals surface area contributed by atoms with Crippen LogP contribution in [0.25, 0.3) is 0 Å². The molecule has 0 amide bonds. The molecule has 2 aliphatic carbocycles. The second-order valence-corrected chi connectivity index (χ2v) is 6.29. The normalized spacial score (nSPS) is 27.0. The lowest BCUT2D eigenvalue weighted by Gasteiger charge is -2.38. The van der Waals surface area contributed by atoms with Gasteiger partial charge >= 0.3 is 0 Å². The van der Waals surface area contributed by atoms with Crippen molar-refractivity contribution in [1.82, 2.24) is 0 Å². The topological polar surface area (TPSA) is 35.2 Å². The summed E-state index contributed by atoms with van der Waals surface area (Å²) < 4.78 is 6.07. The van der Waals surface area contributed by atoms with Gasteiger partial charge in [-0.1, -0.05) is 38.5 Å². The second kappa shape index (κ2) is 7.49. The standard InChI is InChI=1S/C16H31NO/c1-2-18-16(14-11-7-4-8-12-14)15(17)13-9-5-3-6-10-13/h13-16H,2-12,17H2,1H3. The summed E-state index contributed by atoms with van der Waals surface area (Å²) in [5, 5.41) is 0. The molecule has 18 heavy (non-hydrogen) atoms. The van der Waals surface area contributed by atoms with Crippen LogP contribution in [0.4, 0.5) is 0 Å². The van der Waals surface area contributed by atoms with Gasteiger partial charge in [0, 0.05) is 12.6 Å². The molecule has 2 atom stereocenters. The van der Waals surface area contributed by atoms with Gasteiger partial charge in [0.1, 0.15) is 0 Å². The zero-order chi connectivity index (χ0) is 12.8. The SMILES string of the molecule is CCOC(C1CCCCC1)C(N)C1CCCCC1. The number of ether oxygens (including phenoxy) is 1. The van der Waals surface area contributed by atoms with Crippen molar-refractivity contribution < 1.29 is 4.74 Å². The van der Waals surface area contributed by atoms with Gasteiger partial charge in [-0.25, -0.2) is 0 Å². The van der Waals surface area contributed by atoms with Crippen LogP contribution < -0.4 is 5.73 Å². The number of rotatable bonds is 5. The van der Waals surface area contributed by atoms with Crippen LogP contribution in [0.5, 0.6) is 0 Å². The molecule has 2 rings (SSSR count). The van der Waals surface area contributed by atoms with Crippen LogP contribution in [-0.4, -0.2) is 18.8 Å². The Balaban J connectivity index is 1.93. The molecule has 0 aromatic carbocycles. The Morgan fingerprint density at radius 1 is 0.889 bits per heavy atom. The minimum atomic E-state index is 0.286. The zero-order valence-electron chi connectivity index (χ0n) is 12.1. The third-order valence-electron chi connectivity index (χ3n) is 5.05. The summed E-state index contributed by atoms with van der Waals surface area (Å²) in [4.78, 5) is 0. The molecule has 0 saturated heterocycles. The van der Waals surface area contributed by atoms with Crippen molar-refractivity contribution in [2.75, 3.05) is 6.61 Å². The third-order valence-corrected chi connectivity index (χ3v) is 5.05. The van der Waals surface area contributed by atoms with Crippen LogP contribution in [0.15, 0.2) is 0 Å². The van der Waals surface area contributed by atoms with Crippen LogP contribution >= 0.6 is 0 Å². The first-order valence-electron chi connectivity index (χ1n) is 8.20. The first-order chi connectivity index (χ1) is 8.83. The zero-order valence-corrected chi connectivity index (χ0v) is 12.1. The summed E-state index contributed by atoms with van der Waals surface area (Å²) >= 11 is 0. The Morgan fingerprint density at radius 3 is 1.89 bits per heavy atom. The first-order valence-corrected chi connectivity index (χ1v) is 8.20. The summed E-state index contributed by atoms with van der Waals surface area (Å²) in [6.07, 6.45) is 14.0.